The molecule has 1 aromatic carbocycles. The molecule has 0 saturated carbocycles. The first-order valence-electron chi connectivity index (χ1n) is 6.06. The van der Waals surface area contributed by atoms with Crippen molar-refractivity contribution >= 4 is 11.6 Å². The van der Waals surface area contributed by atoms with Crippen LogP contribution in [0.5, 0.6) is 5.75 Å². The molecule has 2 atom stereocenters. The van der Waals surface area contributed by atoms with Crippen molar-refractivity contribution in [3.05, 3.63) is 24.0 Å². The van der Waals surface area contributed by atoms with Gasteiger partial charge < -0.3 is 15.4 Å². The number of halogens is 1. The molecule has 5 heteroatoms. The number of anilines is 1. The van der Waals surface area contributed by atoms with E-state index in [0.29, 0.717) is 24.4 Å². The molecule has 98 valence electrons. The van der Waals surface area contributed by atoms with Gasteiger partial charge in [-0.2, -0.15) is 0 Å². The summed E-state index contributed by atoms with van der Waals surface area (Å²) in [5.74, 6) is -0.138. The molecule has 0 bridgehead atoms. The average Bonchev–Trinajstić information content (AvgIpc) is 2.35. The van der Waals surface area contributed by atoms with Crippen LogP contribution in [0.3, 0.4) is 0 Å². The molecule has 18 heavy (non-hydrogen) atoms. The summed E-state index contributed by atoms with van der Waals surface area (Å²) >= 11 is 0. The molecule has 0 aliphatic carbocycles. The number of fused-ring (bicyclic) bond motifs is 1. The SMILES string of the molecule is CC[C@H](N)C(=O)N1C[C@@H](C)Oc2cc(F)ccc21. The average molecular weight is 252 g/mol. The van der Waals surface area contributed by atoms with Crippen LogP contribution in [0.2, 0.25) is 0 Å². The number of amides is 1. The third kappa shape index (κ3) is 2.31. The van der Waals surface area contributed by atoms with E-state index < -0.39 is 6.04 Å². The summed E-state index contributed by atoms with van der Waals surface area (Å²) in [7, 11) is 0. The monoisotopic (exact) mass is 252 g/mol. The Bertz CT molecular complexity index is 464. The number of hydrogen-bond acceptors (Lipinski definition) is 3. The molecule has 0 unspecified atom stereocenters. The van der Waals surface area contributed by atoms with Gasteiger partial charge in [-0.25, -0.2) is 4.39 Å². The lowest BCUT2D eigenvalue weighted by Gasteiger charge is -2.34. The Morgan fingerprint density at radius 3 is 3.06 bits per heavy atom. The number of rotatable bonds is 2. The van der Waals surface area contributed by atoms with E-state index in [0.717, 1.165) is 0 Å². The minimum absolute atomic E-state index is 0.152. The lowest BCUT2D eigenvalue weighted by atomic mass is 10.1. The van der Waals surface area contributed by atoms with Crippen molar-refractivity contribution in [2.24, 2.45) is 5.73 Å². The fraction of sp³-hybridized carbons (Fsp3) is 0.462. The molecule has 4 nitrogen and oxygen atoms in total. The normalized spacial score (nSPS) is 20.0. The Morgan fingerprint density at radius 2 is 2.39 bits per heavy atom. The van der Waals surface area contributed by atoms with Crippen LogP contribution in [0.4, 0.5) is 10.1 Å². The van der Waals surface area contributed by atoms with Crippen LogP contribution in [-0.2, 0) is 4.79 Å². The van der Waals surface area contributed by atoms with Gasteiger partial charge in [0.25, 0.3) is 0 Å². The lowest BCUT2D eigenvalue weighted by molar-refractivity contribution is -0.120. The van der Waals surface area contributed by atoms with Crippen molar-refractivity contribution in [2.45, 2.75) is 32.4 Å². The number of nitrogens with two attached hydrogens (primary N) is 1. The van der Waals surface area contributed by atoms with Gasteiger partial charge in [0, 0.05) is 6.07 Å². The van der Waals surface area contributed by atoms with Crippen molar-refractivity contribution in [1.82, 2.24) is 0 Å². The molecule has 1 heterocycles. The topological polar surface area (TPSA) is 55.6 Å². The number of carbonyl (C=O) groups excluding carboxylic acids is 1. The summed E-state index contributed by atoms with van der Waals surface area (Å²) in [6, 6.07) is 3.63. The summed E-state index contributed by atoms with van der Waals surface area (Å²) in [6.45, 7) is 4.13. The zero-order valence-corrected chi connectivity index (χ0v) is 10.5. The Morgan fingerprint density at radius 1 is 1.67 bits per heavy atom. The van der Waals surface area contributed by atoms with Gasteiger partial charge in [0.2, 0.25) is 5.91 Å². The molecular weight excluding hydrogens is 235 g/mol. The standard InChI is InChI=1S/C13H17FN2O2/c1-3-10(15)13(17)16-7-8(2)18-12-6-9(14)4-5-11(12)16/h4-6,8,10H,3,7,15H2,1-2H3/t8-,10+/m1/s1. The van der Waals surface area contributed by atoms with Crippen LogP contribution < -0.4 is 15.4 Å². The smallest absolute Gasteiger partial charge is 0.244 e. The van der Waals surface area contributed by atoms with E-state index in [4.69, 9.17) is 10.5 Å². The van der Waals surface area contributed by atoms with E-state index in [2.05, 4.69) is 0 Å². The highest BCUT2D eigenvalue weighted by molar-refractivity contribution is 5.98. The summed E-state index contributed by atoms with van der Waals surface area (Å²) in [5.41, 5.74) is 6.36. The van der Waals surface area contributed by atoms with Crippen molar-refractivity contribution in [1.29, 1.82) is 0 Å². The first-order valence-corrected chi connectivity index (χ1v) is 6.06. The summed E-state index contributed by atoms with van der Waals surface area (Å²) in [5, 5.41) is 0. The summed E-state index contributed by atoms with van der Waals surface area (Å²) < 4.78 is 18.7. The van der Waals surface area contributed by atoms with Crippen molar-refractivity contribution in [3.8, 4) is 5.75 Å². The molecule has 1 amide bonds. The van der Waals surface area contributed by atoms with Crippen LogP contribution in [0.25, 0.3) is 0 Å². The molecule has 0 fully saturated rings. The second kappa shape index (κ2) is 4.94. The maximum Gasteiger partial charge on any atom is 0.244 e. The summed E-state index contributed by atoms with van der Waals surface area (Å²) in [4.78, 5) is 13.8. The molecule has 0 saturated heterocycles. The number of ether oxygens (including phenoxy) is 1. The van der Waals surface area contributed by atoms with Crippen LogP contribution in [-0.4, -0.2) is 24.6 Å². The Labute approximate surface area is 106 Å². The van der Waals surface area contributed by atoms with E-state index in [1.54, 1.807) is 11.0 Å². The van der Waals surface area contributed by atoms with Gasteiger partial charge in [-0.05, 0) is 25.5 Å². The lowest BCUT2D eigenvalue weighted by Crippen LogP contribution is -2.49. The Balaban J connectivity index is 2.36. The predicted octanol–water partition coefficient (Wildman–Crippen LogP) is 1.68. The van der Waals surface area contributed by atoms with Crippen LogP contribution in [0, 0.1) is 5.82 Å². The van der Waals surface area contributed by atoms with Gasteiger partial charge in [-0.15, -0.1) is 0 Å². The molecule has 1 aliphatic heterocycles. The van der Waals surface area contributed by atoms with Crippen molar-refractivity contribution in [3.63, 3.8) is 0 Å². The Kier molecular flexibility index (Phi) is 3.52. The zero-order chi connectivity index (χ0) is 13.3. The van der Waals surface area contributed by atoms with Crippen LogP contribution in [0.1, 0.15) is 20.3 Å². The minimum atomic E-state index is -0.534. The first-order chi connectivity index (χ1) is 8.52. The molecular formula is C13H17FN2O2. The highest BCUT2D eigenvalue weighted by Crippen LogP contribution is 2.34. The third-order valence-corrected chi connectivity index (χ3v) is 3.00. The van der Waals surface area contributed by atoms with E-state index in [1.165, 1.54) is 12.1 Å². The van der Waals surface area contributed by atoms with Gasteiger partial charge in [-0.1, -0.05) is 6.92 Å². The van der Waals surface area contributed by atoms with Gasteiger partial charge >= 0.3 is 0 Å². The molecule has 0 radical (unpaired) electrons. The maximum absolute atomic E-state index is 13.2. The molecule has 0 spiro atoms. The molecule has 1 aliphatic rings. The predicted molar refractivity (Wildman–Crippen MR) is 67.1 cm³/mol. The number of carbonyl (C=O) groups is 1. The number of hydrogen-bond donors (Lipinski definition) is 1. The van der Waals surface area contributed by atoms with Gasteiger partial charge in [-0.3, -0.25) is 4.79 Å². The first kappa shape index (κ1) is 12.8. The van der Waals surface area contributed by atoms with E-state index in [1.807, 2.05) is 13.8 Å². The molecule has 2 N–H and O–H groups in total. The maximum atomic E-state index is 13.2. The third-order valence-electron chi connectivity index (χ3n) is 3.00. The number of nitrogens with zero attached hydrogens (tertiary/aromatic N) is 1. The largest absolute Gasteiger partial charge is 0.487 e. The quantitative estimate of drug-likeness (QED) is 0.871. The van der Waals surface area contributed by atoms with E-state index in [-0.39, 0.29) is 17.8 Å². The molecule has 2 rings (SSSR count). The minimum Gasteiger partial charge on any atom is -0.487 e. The van der Waals surface area contributed by atoms with Crippen molar-refractivity contribution in [2.75, 3.05) is 11.4 Å². The second-order valence-corrected chi connectivity index (χ2v) is 4.50. The second-order valence-electron chi connectivity index (χ2n) is 4.50. The molecule has 0 aromatic heterocycles. The van der Waals surface area contributed by atoms with Crippen LogP contribution >= 0.6 is 0 Å². The van der Waals surface area contributed by atoms with E-state index in [9.17, 15) is 9.18 Å². The Hall–Kier alpha value is -1.62. The highest BCUT2D eigenvalue weighted by atomic mass is 19.1. The number of benzene rings is 1. The molecule has 1 aromatic rings. The van der Waals surface area contributed by atoms with Gasteiger partial charge in [0.1, 0.15) is 17.7 Å². The fourth-order valence-corrected chi connectivity index (χ4v) is 2.00. The fourth-order valence-electron chi connectivity index (χ4n) is 2.00. The van der Waals surface area contributed by atoms with Crippen LogP contribution in [0.15, 0.2) is 18.2 Å². The zero-order valence-electron chi connectivity index (χ0n) is 10.5. The van der Waals surface area contributed by atoms with Gasteiger partial charge in [0.15, 0.2) is 0 Å². The van der Waals surface area contributed by atoms with Crippen molar-refractivity contribution < 1.29 is 13.9 Å². The van der Waals surface area contributed by atoms with E-state index >= 15 is 0 Å². The summed E-state index contributed by atoms with van der Waals surface area (Å²) in [6.07, 6.45) is 0.397. The highest BCUT2D eigenvalue weighted by Gasteiger charge is 2.30. The van der Waals surface area contributed by atoms with Gasteiger partial charge in [0.05, 0.1) is 18.3 Å².